The third kappa shape index (κ3) is 2.29. The molecule has 2 N–H and O–H groups in total. The molecule has 13 heavy (non-hydrogen) atoms. The number of carbonyl (C=O) groups is 1. The van der Waals surface area contributed by atoms with E-state index in [-0.39, 0.29) is 12.3 Å². The monoisotopic (exact) mass is 185 g/mol. The normalized spacial score (nSPS) is 12.8. The van der Waals surface area contributed by atoms with E-state index in [9.17, 15) is 9.90 Å². The van der Waals surface area contributed by atoms with Gasteiger partial charge >= 0.3 is 5.97 Å². The van der Waals surface area contributed by atoms with Crippen LogP contribution in [-0.4, -0.2) is 21.2 Å². The van der Waals surface area contributed by atoms with Gasteiger partial charge in [-0.3, -0.25) is 4.79 Å². The third-order valence-electron chi connectivity index (χ3n) is 1.70. The lowest BCUT2D eigenvalue weighted by molar-refractivity contribution is -0.139. The molecule has 0 bridgehead atoms. The van der Waals surface area contributed by atoms with Gasteiger partial charge in [-0.25, -0.2) is 4.98 Å². The molecular weight excluding hydrogens is 174 g/mol. The van der Waals surface area contributed by atoms with Crippen molar-refractivity contribution in [2.75, 3.05) is 0 Å². The van der Waals surface area contributed by atoms with Gasteiger partial charge in [-0.15, -0.1) is 0 Å². The molecule has 0 spiro atoms. The Morgan fingerprint density at radius 2 is 2.23 bits per heavy atom. The fraction of sp³-hybridized carbons (Fsp3) is 0.500. The van der Waals surface area contributed by atoms with Crippen LogP contribution in [0.15, 0.2) is 4.42 Å². The van der Waals surface area contributed by atoms with E-state index < -0.39 is 12.1 Å². The van der Waals surface area contributed by atoms with Crippen LogP contribution < -0.4 is 0 Å². The van der Waals surface area contributed by atoms with Crippen LogP contribution in [0.25, 0.3) is 0 Å². The highest BCUT2D eigenvalue weighted by atomic mass is 16.4. The summed E-state index contributed by atoms with van der Waals surface area (Å²) in [5.41, 5.74) is 0.666. The number of carboxylic acid groups (broad SMARTS) is 1. The van der Waals surface area contributed by atoms with Crippen LogP contribution in [0, 0.1) is 13.8 Å². The second-order valence-electron chi connectivity index (χ2n) is 2.81. The van der Waals surface area contributed by atoms with Crippen molar-refractivity contribution in [1.29, 1.82) is 0 Å². The first kappa shape index (κ1) is 9.73. The minimum absolute atomic E-state index is 0.0670. The molecule has 1 heterocycles. The maximum absolute atomic E-state index is 10.2. The van der Waals surface area contributed by atoms with Gasteiger partial charge in [-0.05, 0) is 13.8 Å². The molecule has 0 aliphatic heterocycles. The molecule has 72 valence electrons. The van der Waals surface area contributed by atoms with Gasteiger partial charge in [0.15, 0.2) is 0 Å². The fourth-order valence-electron chi connectivity index (χ4n) is 0.893. The number of aliphatic hydroxyl groups excluding tert-OH is 1. The van der Waals surface area contributed by atoms with Gasteiger partial charge < -0.3 is 14.6 Å². The smallest absolute Gasteiger partial charge is 0.306 e. The zero-order chi connectivity index (χ0) is 10.0. The van der Waals surface area contributed by atoms with Crippen molar-refractivity contribution in [1.82, 2.24) is 4.98 Å². The first-order valence-corrected chi connectivity index (χ1v) is 3.84. The Labute approximate surface area is 75.0 Å². The molecule has 5 heteroatoms. The van der Waals surface area contributed by atoms with E-state index in [2.05, 4.69) is 4.98 Å². The highest BCUT2D eigenvalue weighted by molar-refractivity contribution is 5.67. The predicted molar refractivity (Wildman–Crippen MR) is 43.2 cm³/mol. The Balaban J connectivity index is 2.77. The first-order valence-electron chi connectivity index (χ1n) is 3.84. The average Bonchev–Trinajstić information content (AvgIpc) is 2.31. The topological polar surface area (TPSA) is 83.6 Å². The average molecular weight is 185 g/mol. The highest BCUT2D eigenvalue weighted by Crippen LogP contribution is 2.18. The summed E-state index contributed by atoms with van der Waals surface area (Å²) in [5.74, 6) is -0.419. The number of hydrogen-bond donors (Lipinski definition) is 2. The summed E-state index contributed by atoms with van der Waals surface area (Å²) in [4.78, 5) is 14.1. The lowest BCUT2D eigenvalue weighted by atomic mass is 10.2. The standard InChI is InChI=1S/C8H11NO4/c1-4-5(2)13-8(9-4)6(10)3-7(11)12/h6,10H,3H2,1-2H3,(H,11,12). The minimum Gasteiger partial charge on any atom is -0.481 e. The summed E-state index contributed by atoms with van der Waals surface area (Å²) in [7, 11) is 0. The summed E-state index contributed by atoms with van der Waals surface area (Å²) >= 11 is 0. The molecule has 5 nitrogen and oxygen atoms in total. The number of hydrogen-bond acceptors (Lipinski definition) is 4. The molecule has 1 atom stereocenters. The Bertz CT molecular complexity index is 298. The van der Waals surface area contributed by atoms with Crippen molar-refractivity contribution < 1.29 is 19.4 Å². The molecule has 1 unspecified atom stereocenters. The number of rotatable bonds is 3. The zero-order valence-corrected chi connectivity index (χ0v) is 7.44. The van der Waals surface area contributed by atoms with Gasteiger partial charge in [0.1, 0.15) is 11.9 Å². The van der Waals surface area contributed by atoms with E-state index in [1.165, 1.54) is 0 Å². The molecule has 0 amide bonds. The zero-order valence-electron chi connectivity index (χ0n) is 7.44. The van der Waals surface area contributed by atoms with Gasteiger partial charge in [0.05, 0.1) is 12.1 Å². The van der Waals surface area contributed by atoms with Crippen LogP contribution >= 0.6 is 0 Å². The Hall–Kier alpha value is -1.36. The number of aliphatic carboxylic acids is 1. The molecule has 1 rings (SSSR count). The van der Waals surface area contributed by atoms with Crippen LogP contribution in [0.3, 0.4) is 0 Å². The lowest BCUT2D eigenvalue weighted by Crippen LogP contribution is -2.05. The maximum atomic E-state index is 10.2. The molecular formula is C8H11NO4. The van der Waals surface area contributed by atoms with Crippen molar-refractivity contribution >= 4 is 5.97 Å². The van der Waals surface area contributed by atoms with Gasteiger partial charge in [-0.1, -0.05) is 0 Å². The molecule has 0 saturated carbocycles. The third-order valence-corrected chi connectivity index (χ3v) is 1.70. The lowest BCUT2D eigenvalue weighted by Gasteiger charge is -2.00. The quantitative estimate of drug-likeness (QED) is 0.727. The number of oxazole rings is 1. The second-order valence-corrected chi connectivity index (χ2v) is 2.81. The van der Waals surface area contributed by atoms with Gasteiger partial charge in [-0.2, -0.15) is 0 Å². The second kappa shape index (κ2) is 3.57. The first-order chi connectivity index (χ1) is 6.00. The number of nitrogens with zero attached hydrogens (tertiary/aromatic N) is 1. The van der Waals surface area contributed by atoms with Crippen molar-refractivity contribution in [2.45, 2.75) is 26.4 Å². The molecule has 0 aromatic carbocycles. The van der Waals surface area contributed by atoms with Crippen molar-refractivity contribution in [3.05, 3.63) is 17.3 Å². The number of carboxylic acids is 1. The van der Waals surface area contributed by atoms with Crippen LogP contribution in [0.5, 0.6) is 0 Å². The maximum Gasteiger partial charge on any atom is 0.306 e. The fourth-order valence-corrected chi connectivity index (χ4v) is 0.893. The summed E-state index contributed by atoms with van der Waals surface area (Å²) in [5, 5.41) is 17.7. The van der Waals surface area contributed by atoms with Crippen LogP contribution in [0.1, 0.15) is 29.9 Å². The van der Waals surface area contributed by atoms with E-state index in [0.29, 0.717) is 11.5 Å². The van der Waals surface area contributed by atoms with Gasteiger partial charge in [0.2, 0.25) is 5.89 Å². The molecule has 0 aliphatic carbocycles. The number of aryl methyl sites for hydroxylation is 2. The molecule has 0 saturated heterocycles. The Morgan fingerprint density at radius 3 is 2.62 bits per heavy atom. The SMILES string of the molecule is Cc1nc(C(O)CC(=O)O)oc1C. The van der Waals surface area contributed by atoms with Gasteiger partial charge in [0.25, 0.3) is 0 Å². The van der Waals surface area contributed by atoms with E-state index in [4.69, 9.17) is 9.52 Å². The van der Waals surface area contributed by atoms with Crippen molar-refractivity contribution in [3.63, 3.8) is 0 Å². The number of aliphatic hydroxyl groups is 1. The largest absolute Gasteiger partial charge is 0.481 e. The van der Waals surface area contributed by atoms with Crippen molar-refractivity contribution in [2.24, 2.45) is 0 Å². The molecule has 0 radical (unpaired) electrons. The Morgan fingerprint density at radius 1 is 1.62 bits per heavy atom. The minimum atomic E-state index is -1.16. The van der Waals surface area contributed by atoms with Crippen molar-refractivity contribution in [3.8, 4) is 0 Å². The van der Waals surface area contributed by atoms with Crippen LogP contribution in [0.4, 0.5) is 0 Å². The summed E-state index contributed by atoms with van der Waals surface area (Å²) in [6.45, 7) is 3.44. The van der Waals surface area contributed by atoms with E-state index in [1.807, 2.05) is 0 Å². The van der Waals surface area contributed by atoms with E-state index in [0.717, 1.165) is 0 Å². The van der Waals surface area contributed by atoms with E-state index in [1.54, 1.807) is 13.8 Å². The summed E-state index contributed by atoms with van der Waals surface area (Å²) in [6.07, 6.45) is -1.55. The summed E-state index contributed by atoms with van der Waals surface area (Å²) < 4.78 is 5.05. The molecule has 1 aromatic heterocycles. The molecule has 0 fully saturated rings. The molecule has 0 aliphatic rings. The van der Waals surface area contributed by atoms with Crippen LogP contribution in [0.2, 0.25) is 0 Å². The van der Waals surface area contributed by atoms with E-state index >= 15 is 0 Å². The molecule has 1 aromatic rings. The predicted octanol–water partition coefficient (Wildman–Crippen LogP) is 0.800. The Kier molecular flexibility index (Phi) is 2.67. The summed E-state index contributed by atoms with van der Waals surface area (Å²) in [6, 6.07) is 0. The van der Waals surface area contributed by atoms with Gasteiger partial charge in [0, 0.05) is 0 Å². The van der Waals surface area contributed by atoms with Crippen LogP contribution in [-0.2, 0) is 4.79 Å². The highest BCUT2D eigenvalue weighted by Gasteiger charge is 2.18. The number of aromatic nitrogens is 1.